The standard InChI is InChI=1S/C19H17F3N4/c1-13-16(14(2)26(25-13)15-8-4-3-5-9-15)12-23-24-18-11-7-6-10-17(18)19(20,21)22/h3-12,24H,1-2H3/b23-12-. The number of anilines is 1. The van der Waals surface area contributed by atoms with Crippen LogP contribution in [0.15, 0.2) is 59.7 Å². The van der Waals surface area contributed by atoms with Crippen molar-refractivity contribution in [2.24, 2.45) is 5.10 Å². The zero-order valence-corrected chi connectivity index (χ0v) is 14.2. The molecule has 0 bridgehead atoms. The molecular formula is C19H17F3N4. The Hall–Kier alpha value is -3.09. The maximum atomic E-state index is 13.0. The maximum absolute atomic E-state index is 13.0. The van der Waals surface area contributed by atoms with E-state index in [-0.39, 0.29) is 5.69 Å². The molecule has 1 aromatic heterocycles. The van der Waals surface area contributed by atoms with Gasteiger partial charge in [-0.05, 0) is 38.1 Å². The van der Waals surface area contributed by atoms with Crippen LogP contribution in [0, 0.1) is 13.8 Å². The van der Waals surface area contributed by atoms with Crippen LogP contribution in [-0.4, -0.2) is 16.0 Å². The Bertz CT molecular complexity index is 928. The monoisotopic (exact) mass is 358 g/mol. The molecule has 0 aliphatic carbocycles. The van der Waals surface area contributed by atoms with Gasteiger partial charge in [0.05, 0.1) is 34.5 Å². The van der Waals surface area contributed by atoms with Crippen molar-refractivity contribution in [2.45, 2.75) is 20.0 Å². The fourth-order valence-corrected chi connectivity index (χ4v) is 2.66. The van der Waals surface area contributed by atoms with Crippen LogP contribution >= 0.6 is 0 Å². The number of hydrogen-bond acceptors (Lipinski definition) is 3. The number of aromatic nitrogens is 2. The molecule has 0 radical (unpaired) electrons. The van der Waals surface area contributed by atoms with Gasteiger partial charge in [0, 0.05) is 5.56 Å². The lowest BCUT2D eigenvalue weighted by atomic mass is 10.2. The quantitative estimate of drug-likeness (QED) is 0.529. The summed E-state index contributed by atoms with van der Waals surface area (Å²) in [4.78, 5) is 0. The topological polar surface area (TPSA) is 42.2 Å². The zero-order chi connectivity index (χ0) is 18.7. The first-order valence-electron chi connectivity index (χ1n) is 7.95. The summed E-state index contributed by atoms with van der Waals surface area (Å²) >= 11 is 0. The number of nitrogens with one attached hydrogen (secondary N) is 1. The smallest absolute Gasteiger partial charge is 0.278 e. The van der Waals surface area contributed by atoms with E-state index < -0.39 is 11.7 Å². The van der Waals surface area contributed by atoms with Crippen LogP contribution in [0.25, 0.3) is 5.69 Å². The maximum Gasteiger partial charge on any atom is 0.418 e. The van der Waals surface area contributed by atoms with Gasteiger partial charge < -0.3 is 0 Å². The first-order chi connectivity index (χ1) is 12.4. The summed E-state index contributed by atoms with van der Waals surface area (Å²) in [5, 5.41) is 8.47. The Morgan fingerprint density at radius 1 is 1.00 bits per heavy atom. The lowest BCUT2D eigenvalue weighted by Gasteiger charge is -2.11. The molecule has 1 N–H and O–H groups in total. The highest BCUT2D eigenvalue weighted by Crippen LogP contribution is 2.34. The molecule has 0 spiro atoms. The molecule has 4 nitrogen and oxygen atoms in total. The summed E-state index contributed by atoms with van der Waals surface area (Å²) in [6.07, 6.45) is -2.95. The van der Waals surface area contributed by atoms with Crippen molar-refractivity contribution in [3.8, 4) is 5.69 Å². The van der Waals surface area contributed by atoms with E-state index in [0.717, 1.165) is 28.7 Å². The van der Waals surface area contributed by atoms with E-state index in [0.29, 0.717) is 0 Å². The molecule has 0 fully saturated rings. The van der Waals surface area contributed by atoms with E-state index in [9.17, 15) is 13.2 Å². The first kappa shape index (κ1) is 17.7. The summed E-state index contributed by atoms with van der Waals surface area (Å²) < 4.78 is 40.8. The van der Waals surface area contributed by atoms with Crippen molar-refractivity contribution in [1.29, 1.82) is 0 Å². The third kappa shape index (κ3) is 3.61. The molecule has 26 heavy (non-hydrogen) atoms. The molecule has 0 saturated carbocycles. The lowest BCUT2D eigenvalue weighted by molar-refractivity contribution is -0.136. The van der Waals surface area contributed by atoms with Gasteiger partial charge >= 0.3 is 6.18 Å². The predicted octanol–water partition coefficient (Wildman–Crippen LogP) is 4.95. The summed E-state index contributed by atoms with van der Waals surface area (Å²) in [5.41, 5.74) is 4.88. The van der Waals surface area contributed by atoms with Crippen LogP contribution in [0.4, 0.5) is 18.9 Å². The van der Waals surface area contributed by atoms with Crippen LogP contribution < -0.4 is 5.43 Å². The van der Waals surface area contributed by atoms with E-state index in [1.165, 1.54) is 24.4 Å². The average molecular weight is 358 g/mol. The Balaban J connectivity index is 1.86. The molecule has 134 valence electrons. The van der Waals surface area contributed by atoms with E-state index >= 15 is 0 Å². The average Bonchev–Trinajstić information content (AvgIpc) is 2.90. The molecule has 0 saturated heterocycles. The Labute approximate surface area is 149 Å². The second-order valence-corrected chi connectivity index (χ2v) is 5.75. The molecule has 3 rings (SSSR count). The number of hydrazone groups is 1. The molecule has 0 unspecified atom stereocenters. The number of alkyl halides is 3. The van der Waals surface area contributed by atoms with Crippen molar-refractivity contribution >= 4 is 11.9 Å². The summed E-state index contributed by atoms with van der Waals surface area (Å²) in [7, 11) is 0. The van der Waals surface area contributed by atoms with Gasteiger partial charge in [0.2, 0.25) is 0 Å². The van der Waals surface area contributed by atoms with Crippen LogP contribution in [0.3, 0.4) is 0 Å². The number of aryl methyl sites for hydroxylation is 1. The van der Waals surface area contributed by atoms with Gasteiger partial charge in [-0.2, -0.15) is 23.4 Å². The van der Waals surface area contributed by atoms with E-state index in [4.69, 9.17) is 0 Å². The lowest BCUT2D eigenvalue weighted by Crippen LogP contribution is -2.08. The van der Waals surface area contributed by atoms with Crippen molar-refractivity contribution in [2.75, 3.05) is 5.43 Å². The zero-order valence-electron chi connectivity index (χ0n) is 14.2. The van der Waals surface area contributed by atoms with Gasteiger partial charge in [-0.3, -0.25) is 5.43 Å². The summed E-state index contributed by atoms with van der Waals surface area (Å²) in [5.74, 6) is 0. The van der Waals surface area contributed by atoms with E-state index in [1.807, 2.05) is 44.2 Å². The van der Waals surface area contributed by atoms with Gasteiger partial charge in [-0.15, -0.1) is 0 Å². The number of para-hydroxylation sites is 2. The SMILES string of the molecule is Cc1nn(-c2ccccc2)c(C)c1/C=N\Nc1ccccc1C(F)(F)F. The minimum absolute atomic E-state index is 0.0954. The van der Waals surface area contributed by atoms with Gasteiger partial charge in [-0.1, -0.05) is 30.3 Å². The van der Waals surface area contributed by atoms with Crippen molar-refractivity contribution in [1.82, 2.24) is 9.78 Å². The molecule has 0 aliphatic rings. The molecule has 3 aromatic rings. The van der Waals surface area contributed by atoms with Crippen LogP contribution in [0.5, 0.6) is 0 Å². The molecule has 0 atom stereocenters. The minimum Gasteiger partial charge on any atom is -0.278 e. The highest BCUT2D eigenvalue weighted by Gasteiger charge is 2.33. The molecular weight excluding hydrogens is 341 g/mol. The molecule has 0 aliphatic heterocycles. The Morgan fingerprint density at radius 2 is 1.65 bits per heavy atom. The third-order valence-electron chi connectivity index (χ3n) is 3.96. The number of hydrogen-bond donors (Lipinski definition) is 1. The number of nitrogens with zero attached hydrogens (tertiary/aromatic N) is 3. The van der Waals surface area contributed by atoms with Crippen molar-refractivity contribution < 1.29 is 13.2 Å². The number of rotatable bonds is 4. The highest BCUT2D eigenvalue weighted by molar-refractivity contribution is 5.83. The van der Waals surface area contributed by atoms with Crippen molar-refractivity contribution in [3.05, 3.63) is 77.1 Å². The normalized spacial score (nSPS) is 11.9. The fourth-order valence-electron chi connectivity index (χ4n) is 2.66. The van der Waals surface area contributed by atoms with Crippen LogP contribution in [-0.2, 0) is 6.18 Å². The second kappa shape index (κ2) is 7.03. The van der Waals surface area contributed by atoms with Crippen LogP contribution in [0.1, 0.15) is 22.5 Å². The molecule has 2 aromatic carbocycles. The summed E-state index contributed by atoms with van der Waals surface area (Å²) in [6.45, 7) is 3.72. The van der Waals surface area contributed by atoms with Crippen LogP contribution in [0.2, 0.25) is 0 Å². The highest BCUT2D eigenvalue weighted by atomic mass is 19.4. The predicted molar refractivity (Wildman–Crippen MR) is 95.7 cm³/mol. The Morgan fingerprint density at radius 3 is 2.35 bits per heavy atom. The summed E-state index contributed by atoms with van der Waals surface area (Å²) in [6, 6.07) is 14.8. The first-order valence-corrected chi connectivity index (χ1v) is 7.95. The third-order valence-corrected chi connectivity index (χ3v) is 3.96. The number of benzene rings is 2. The minimum atomic E-state index is -4.44. The molecule has 7 heteroatoms. The van der Waals surface area contributed by atoms with E-state index in [1.54, 1.807) is 4.68 Å². The molecule has 1 heterocycles. The van der Waals surface area contributed by atoms with Gasteiger partial charge in [0.25, 0.3) is 0 Å². The molecule has 0 amide bonds. The van der Waals surface area contributed by atoms with Gasteiger partial charge in [-0.25, -0.2) is 4.68 Å². The van der Waals surface area contributed by atoms with E-state index in [2.05, 4.69) is 15.6 Å². The number of halogens is 3. The Kier molecular flexibility index (Phi) is 4.79. The van der Waals surface area contributed by atoms with Crippen molar-refractivity contribution in [3.63, 3.8) is 0 Å². The second-order valence-electron chi connectivity index (χ2n) is 5.75. The van der Waals surface area contributed by atoms with Gasteiger partial charge in [0.1, 0.15) is 0 Å². The van der Waals surface area contributed by atoms with Gasteiger partial charge in [0.15, 0.2) is 0 Å². The largest absolute Gasteiger partial charge is 0.418 e. The fraction of sp³-hybridized carbons (Fsp3) is 0.158.